The molecule has 0 N–H and O–H groups in total. The Kier molecular flexibility index (Phi) is 2.62. The number of carbonyl (C=O) groups is 1. The second-order valence-corrected chi connectivity index (χ2v) is 3.32. The standard InChI is InChI=1S/C8H14O3/c1-8(2,6-9)11-7-3-4-10-5-7/h6-7H,3-5H2,1-2H3. The largest absolute Gasteiger partial charge is 0.379 e. The van der Waals surface area contributed by atoms with E-state index in [0.717, 1.165) is 19.3 Å². The zero-order chi connectivity index (χ0) is 8.32. The summed E-state index contributed by atoms with van der Waals surface area (Å²) >= 11 is 0. The van der Waals surface area contributed by atoms with Gasteiger partial charge < -0.3 is 14.3 Å². The molecule has 0 aromatic carbocycles. The molecule has 1 unspecified atom stereocenters. The molecule has 1 aliphatic heterocycles. The molecule has 0 bridgehead atoms. The van der Waals surface area contributed by atoms with Crippen LogP contribution < -0.4 is 0 Å². The summed E-state index contributed by atoms with van der Waals surface area (Å²) in [5, 5.41) is 0. The van der Waals surface area contributed by atoms with Gasteiger partial charge in [-0.1, -0.05) is 0 Å². The van der Waals surface area contributed by atoms with Crippen LogP contribution in [-0.2, 0) is 14.3 Å². The molecule has 0 aromatic heterocycles. The summed E-state index contributed by atoms with van der Waals surface area (Å²) in [5.41, 5.74) is -0.654. The fourth-order valence-corrected chi connectivity index (χ4v) is 1.06. The van der Waals surface area contributed by atoms with E-state index in [1.54, 1.807) is 13.8 Å². The Labute approximate surface area is 66.7 Å². The third kappa shape index (κ3) is 2.60. The van der Waals surface area contributed by atoms with Crippen molar-refractivity contribution in [3.05, 3.63) is 0 Å². The maximum Gasteiger partial charge on any atom is 0.151 e. The highest BCUT2D eigenvalue weighted by atomic mass is 16.6. The Morgan fingerprint density at radius 3 is 2.82 bits per heavy atom. The molecule has 3 heteroatoms. The van der Waals surface area contributed by atoms with Crippen LogP contribution in [0.5, 0.6) is 0 Å². The van der Waals surface area contributed by atoms with Gasteiger partial charge >= 0.3 is 0 Å². The van der Waals surface area contributed by atoms with Crippen molar-refractivity contribution >= 4 is 6.29 Å². The van der Waals surface area contributed by atoms with Gasteiger partial charge in [0.05, 0.1) is 12.7 Å². The van der Waals surface area contributed by atoms with Crippen LogP contribution in [0.2, 0.25) is 0 Å². The molecule has 0 spiro atoms. The van der Waals surface area contributed by atoms with Crippen LogP contribution in [0.1, 0.15) is 20.3 Å². The van der Waals surface area contributed by atoms with Crippen molar-refractivity contribution in [2.75, 3.05) is 13.2 Å². The number of carbonyl (C=O) groups excluding carboxylic acids is 1. The number of ether oxygens (including phenoxy) is 2. The van der Waals surface area contributed by atoms with E-state index in [-0.39, 0.29) is 6.10 Å². The smallest absolute Gasteiger partial charge is 0.151 e. The van der Waals surface area contributed by atoms with Gasteiger partial charge in [-0.2, -0.15) is 0 Å². The normalized spacial score (nSPS) is 25.5. The molecule has 1 fully saturated rings. The third-order valence-corrected chi connectivity index (χ3v) is 1.64. The predicted molar refractivity (Wildman–Crippen MR) is 40.5 cm³/mol. The van der Waals surface area contributed by atoms with Gasteiger partial charge in [-0.05, 0) is 20.3 Å². The molecule has 0 aliphatic carbocycles. The molecule has 1 aliphatic rings. The number of aldehydes is 1. The molecule has 11 heavy (non-hydrogen) atoms. The van der Waals surface area contributed by atoms with Crippen LogP contribution >= 0.6 is 0 Å². The van der Waals surface area contributed by atoms with Crippen molar-refractivity contribution in [1.29, 1.82) is 0 Å². The van der Waals surface area contributed by atoms with Gasteiger partial charge in [-0.25, -0.2) is 0 Å². The van der Waals surface area contributed by atoms with E-state index in [0.29, 0.717) is 6.61 Å². The molecule has 0 radical (unpaired) electrons. The summed E-state index contributed by atoms with van der Waals surface area (Å²) in [4.78, 5) is 10.4. The zero-order valence-electron chi connectivity index (χ0n) is 7.00. The van der Waals surface area contributed by atoms with Gasteiger partial charge in [-0.15, -0.1) is 0 Å². The quantitative estimate of drug-likeness (QED) is 0.569. The van der Waals surface area contributed by atoms with E-state index in [1.807, 2.05) is 0 Å². The summed E-state index contributed by atoms with van der Waals surface area (Å²) in [6, 6.07) is 0. The molecular weight excluding hydrogens is 144 g/mol. The summed E-state index contributed by atoms with van der Waals surface area (Å²) < 4.78 is 10.6. The van der Waals surface area contributed by atoms with Gasteiger partial charge in [0.1, 0.15) is 5.60 Å². The average Bonchev–Trinajstić information content (AvgIpc) is 2.39. The Hall–Kier alpha value is -0.410. The SMILES string of the molecule is CC(C)(C=O)OC1CCOC1. The van der Waals surface area contributed by atoms with Crippen molar-refractivity contribution in [3.63, 3.8) is 0 Å². The van der Waals surface area contributed by atoms with E-state index in [2.05, 4.69) is 0 Å². The van der Waals surface area contributed by atoms with Crippen LogP contribution in [0.3, 0.4) is 0 Å². The number of hydrogen-bond acceptors (Lipinski definition) is 3. The maximum absolute atomic E-state index is 10.4. The maximum atomic E-state index is 10.4. The molecule has 1 rings (SSSR count). The average molecular weight is 158 g/mol. The minimum atomic E-state index is -0.654. The summed E-state index contributed by atoms with van der Waals surface area (Å²) in [7, 11) is 0. The molecule has 0 amide bonds. The van der Waals surface area contributed by atoms with E-state index < -0.39 is 5.60 Å². The van der Waals surface area contributed by atoms with Gasteiger partial charge in [0, 0.05) is 6.61 Å². The molecule has 0 aromatic rings. The number of hydrogen-bond donors (Lipinski definition) is 0. The first kappa shape index (κ1) is 8.68. The highest BCUT2D eigenvalue weighted by Gasteiger charge is 2.25. The lowest BCUT2D eigenvalue weighted by atomic mass is 10.1. The van der Waals surface area contributed by atoms with Gasteiger partial charge in [0.15, 0.2) is 6.29 Å². The van der Waals surface area contributed by atoms with Crippen LogP contribution in [0.4, 0.5) is 0 Å². The molecule has 1 saturated heterocycles. The Morgan fingerprint density at radius 2 is 2.36 bits per heavy atom. The Bertz CT molecular complexity index is 136. The second-order valence-electron chi connectivity index (χ2n) is 3.32. The van der Waals surface area contributed by atoms with E-state index in [9.17, 15) is 4.79 Å². The molecular formula is C8H14O3. The minimum Gasteiger partial charge on any atom is -0.379 e. The van der Waals surface area contributed by atoms with Crippen molar-refractivity contribution in [3.8, 4) is 0 Å². The minimum absolute atomic E-state index is 0.107. The highest BCUT2D eigenvalue weighted by molar-refractivity contribution is 5.60. The lowest BCUT2D eigenvalue weighted by Crippen LogP contribution is -2.32. The fraction of sp³-hybridized carbons (Fsp3) is 0.875. The first-order chi connectivity index (χ1) is 5.14. The lowest BCUT2D eigenvalue weighted by molar-refractivity contribution is -0.134. The van der Waals surface area contributed by atoms with E-state index >= 15 is 0 Å². The van der Waals surface area contributed by atoms with E-state index in [1.165, 1.54) is 0 Å². The second kappa shape index (κ2) is 3.32. The fourth-order valence-electron chi connectivity index (χ4n) is 1.06. The van der Waals surface area contributed by atoms with E-state index in [4.69, 9.17) is 9.47 Å². The number of rotatable bonds is 3. The van der Waals surface area contributed by atoms with Crippen molar-refractivity contribution < 1.29 is 14.3 Å². The first-order valence-corrected chi connectivity index (χ1v) is 3.86. The molecule has 1 heterocycles. The predicted octanol–water partition coefficient (Wildman–Crippen LogP) is 0.769. The van der Waals surface area contributed by atoms with Crippen molar-refractivity contribution in [2.24, 2.45) is 0 Å². The Balaban J connectivity index is 2.33. The first-order valence-electron chi connectivity index (χ1n) is 3.86. The zero-order valence-corrected chi connectivity index (χ0v) is 7.00. The van der Waals surface area contributed by atoms with Crippen LogP contribution in [0.25, 0.3) is 0 Å². The molecule has 0 saturated carbocycles. The van der Waals surface area contributed by atoms with Crippen molar-refractivity contribution in [2.45, 2.75) is 32.0 Å². The van der Waals surface area contributed by atoms with Gasteiger partial charge in [0.2, 0.25) is 0 Å². The van der Waals surface area contributed by atoms with Gasteiger partial charge in [0.25, 0.3) is 0 Å². The molecule has 3 nitrogen and oxygen atoms in total. The topological polar surface area (TPSA) is 35.5 Å². The van der Waals surface area contributed by atoms with Gasteiger partial charge in [-0.3, -0.25) is 0 Å². The summed E-state index contributed by atoms with van der Waals surface area (Å²) in [6.45, 7) is 4.90. The Morgan fingerprint density at radius 1 is 1.64 bits per heavy atom. The van der Waals surface area contributed by atoms with Crippen LogP contribution in [-0.4, -0.2) is 31.2 Å². The third-order valence-electron chi connectivity index (χ3n) is 1.64. The monoisotopic (exact) mass is 158 g/mol. The lowest BCUT2D eigenvalue weighted by Gasteiger charge is -2.21. The molecule has 1 atom stereocenters. The summed E-state index contributed by atoms with van der Waals surface area (Å²) in [6.07, 6.45) is 1.83. The highest BCUT2D eigenvalue weighted by Crippen LogP contribution is 2.15. The van der Waals surface area contributed by atoms with Crippen LogP contribution in [0, 0.1) is 0 Å². The van der Waals surface area contributed by atoms with Crippen LogP contribution in [0.15, 0.2) is 0 Å². The summed E-state index contributed by atoms with van der Waals surface area (Å²) in [5.74, 6) is 0. The van der Waals surface area contributed by atoms with Crippen molar-refractivity contribution in [1.82, 2.24) is 0 Å². The molecule has 64 valence electrons.